The molecule has 0 aliphatic carbocycles. The number of hydrogen-bond acceptors (Lipinski definition) is 3. The molecule has 0 saturated carbocycles. The van der Waals surface area contributed by atoms with Crippen LogP contribution in [0.3, 0.4) is 0 Å². The van der Waals surface area contributed by atoms with E-state index in [4.69, 9.17) is 0 Å². The van der Waals surface area contributed by atoms with Crippen molar-refractivity contribution in [1.82, 2.24) is 10.2 Å². The second-order valence-corrected chi connectivity index (χ2v) is 6.41. The van der Waals surface area contributed by atoms with Gasteiger partial charge in [-0.2, -0.15) is 0 Å². The minimum Gasteiger partial charge on any atom is -0.394 e. The Morgan fingerprint density at radius 2 is 1.86 bits per heavy atom. The van der Waals surface area contributed by atoms with Gasteiger partial charge in [-0.1, -0.05) is 30.3 Å². The van der Waals surface area contributed by atoms with Crippen LogP contribution in [0, 0.1) is 0 Å². The van der Waals surface area contributed by atoms with Gasteiger partial charge in [-0.25, -0.2) is 0 Å². The van der Waals surface area contributed by atoms with Crippen LogP contribution in [-0.2, 0) is 4.79 Å². The van der Waals surface area contributed by atoms with E-state index in [0.717, 1.165) is 18.4 Å². The molecule has 122 valence electrons. The van der Waals surface area contributed by atoms with Crippen LogP contribution in [0.15, 0.2) is 30.3 Å². The lowest BCUT2D eigenvalue weighted by atomic mass is 9.96. The van der Waals surface area contributed by atoms with Crippen molar-refractivity contribution in [3.63, 3.8) is 0 Å². The van der Waals surface area contributed by atoms with E-state index in [-0.39, 0.29) is 24.6 Å². The molecule has 1 aliphatic heterocycles. The van der Waals surface area contributed by atoms with Crippen LogP contribution in [0.4, 0.5) is 0 Å². The van der Waals surface area contributed by atoms with Crippen LogP contribution in [0.5, 0.6) is 0 Å². The Hall–Kier alpha value is -1.39. The quantitative estimate of drug-likeness (QED) is 0.879. The monoisotopic (exact) mass is 304 g/mol. The molecule has 1 aliphatic rings. The molecule has 0 radical (unpaired) electrons. The lowest BCUT2D eigenvalue weighted by Gasteiger charge is -2.41. The molecule has 0 spiro atoms. The Morgan fingerprint density at radius 3 is 2.41 bits per heavy atom. The standard InChI is InChI=1S/C18H28N2O2/c1-13-8-7-9-14(2)20(13)18(22)15(3)19-17(12-21)16-10-5-4-6-11-16/h4-6,10-11,13-15,17,19,21H,7-9,12H2,1-3H3/t13-,14+,15-,17+/m0/s1. The highest BCUT2D eigenvalue weighted by atomic mass is 16.3. The number of piperidine rings is 1. The van der Waals surface area contributed by atoms with Gasteiger partial charge in [0.15, 0.2) is 0 Å². The van der Waals surface area contributed by atoms with Crippen LogP contribution < -0.4 is 5.32 Å². The zero-order valence-corrected chi connectivity index (χ0v) is 13.8. The fraction of sp³-hybridized carbons (Fsp3) is 0.611. The fourth-order valence-electron chi connectivity index (χ4n) is 3.39. The van der Waals surface area contributed by atoms with Gasteiger partial charge >= 0.3 is 0 Å². The number of rotatable bonds is 5. The van der Waals surface area contributed by atoms with E-state index in [9.17, 15) is 9.90 Å². The van der Waals surface area contributed by atoms with Crippen LogP contribution in [0.1, 0.15) is 51.6 Å². The Labute approximate surface area is 133 Å². The molecule has 0 aromatic heterocycles. The molecule has 1 aromatic rings. The third-order valence-corrected chi connectivity index (χ3v) is 4.65. The van der Waals surface area contributed by atoms with Gasteiger partial charge in [0, 0.05) is 12.1 Å². The third-order valence-electron chi connectivity index (χ3n) is 4.65. The van der Waals surface area contributed by atoms with Crippen LogP contribution in [0.25, 0.3) is 0 Å². The van der Waals surface area contributed by atoms with E-state index in [2.05, 4.69) is 19.2 Å². The lowest BCUT2D eigenvalue weighted by Crippen LogP contribution is -2.54. The number of hydrogen-bond donors (Lipinski definition) is 2. The van der Waals surface area contributed by atoms with Crippen molar-refractivity contribution >= 4 is 5.91 Å². The molecule has 2 N–H and O–H groups in total. The summed E-state index contributed by atoms with van der Waals surface area (Å²) in [7, 11) is 0. The minimum atomic E-state index is -0.305. The SMILES string of the molecule is C[C@H](N[C@H](CO)c1ccccc1)C(=O)N1[C@H](C)CCC[C@@H]1C. The first-order chi connectivity index (χ1) is 10.5. The summed E-state index contributed by atoms with van der Waals surface area (Å²) in [6, 6.07) is 9.85. The average molecular weight is 304 g/mol. The van der Waals surface area contributed by atoms with Crippen molar-refractivity contribution in [1.29, 1.82) is 0 Å². The largest absolute Gasteiger partial charge is 0.394 e. The summed E-state index contributed by atoms with van der Waals surface area (Å²) in [5, 5.41) is 12.9. The third kappa shape index (κ3) is 3.87. The smallest absolute Gasteiger partial charge is 0.239 e. The highest BCUT2D eigenvalue weighted by molar-refractivity contribution is 5.82. The molecular weight excluding hydrogens is 276 g/mol. The highest BCUT2D eigenvalue weighted by Crippen LogP contribution is 2.23. The Kier molecular flexibility index (Phi) is 5.98. The van der Waals surface area contributed by atoms with E-state index >= 15 is 0 Å². The number of benzene rings is 1. The van der Waals surface area contributed by atoms with E-state index in [1.54, 1.807) is 0 Å². The Balaban J connectivity index is 2.03. The summed E-state index contributed by atoms with van der Waals surface area (Å²) in [6.45, 7) is 6.12. The summed E-state index contributed by atoms with van der Waals surface area (Å²) >= 11 is 0. The molecule has 4 nitrogen and oxygen atoms in total. The Bertz CT molecular complexity index is 467. The van der Waals surface area contributed by atoms with Crippen molar-refractivity contribution in [2.75, 3.05) is 6.61 Å². The predicted octanol–water partition coefficient (Wildman–Crippen LogP) is 2.49. The van der Waals surface area contributed by atoms with E-state index in [0.29, 0.717) is 12.1 Å². The average Bonchev–Trinajstić information content (AvgIpc) is 2.52. The van der Waals surface area contributed by atoms with Gasteiger partial charge in [-0.3, -0.25) is 10.1 Å². The number of nitrogens with one attached hydrogen (secondary N) is 1. The maximum Gasteiger partial charge on any atom is 0.239 e. The zero-order valence-electron chi connectivity index (χ0n) is 13.8. The van der Waals surface area contributed by atoms with Crippen LogP contribution in [0.2, 0.25) is 0 Å². The van der Waals surface area contributed by atoms with Gasteiger partial charge in [0.25, 0.3) is 0 Å². The van der Waals surface area contributed by atoms with Crippen molar-refractivity contribution in [3.05, 3.63) is 35.9 Å². The van der Waals surface area contributed by atoms with E-state index in [1.165, 1.54) is 6.42 Å². The zero-order chi connectivity index (χ0) is 16.1. The predicted molar refractivity (Wildman–Crippen MR) is 88.5 cm³/mol. The van der Waals surface area contributed by atoms with Gasteiger partial charge in [0.2, 0.25) is 5.91 Å². The summed E-state index contributed by atoms with van der Waals surface area (Å²) < 4.78 is 0. The minimum absolute atomic E-state index is 0.0211. The lowest BCUT2D eigenvalue weighted by molar-refractivity contribution is -0.139. The summed E-state index contributed by atoms with van der Waals surface area (Å²) in [6.07, 6.45) is 3.34. The molecule has 4 heteroatoms. The van der Waals surface area contributed by atoms with Crippen LogP contribution in [-0.4, -0.2) is 40.6 Å². The molecule has 2 rings (SSSR count). The van der Waals surface area contributed by atoms with Crippen LogP contribution >= 0.6 is 0 Å². The first-order valence-electron chi connectivity index (χ1n) is 8.28. The molecule has 1 heterocycles. The maximum atomic E-state index is 12.8. The number of aliphatic hydroxyl groups is 1. The maximum absolute atomic E-state index is 12.8. The molecule has 1 fully saturated rings. The summed E-state index contributed by atoms with van der Waals surface area (Å²) in [5.41, 5.74) is 1.00. The summed E-state index contributed by atoms with van der Waals surface area (Å²) in [5.74, 6) is 0.133. The van der Waals surface area contributed by atoms with Gasteiger partial charge < -0.3 is 10.0 Å². The topological polar surface area (TPSA) is 52.6 Å². The number of amides is 1. The normalized spacial score (nSPS) is 24.8. The Morgan fingerprint density at radius 1 is 1.27 bits per heavy atom. The molecule has 1 saturated heterocycles. The van der Waals surface area contributed by atoms with E-state index < -0.39 is 0 Å². The van der Waals surface area contributed by atoms with Crippen molar-refractivity contribution in [2.45, 2.75) is 64.2 Å². The number of carbonyl (C=O) groups excluding carboxylic acids is 1. The van der Waals surface area contributed by atoms with Gasteiger partial charge in [-0.05, 0) is 45.6 Å². The summed E-state index contributed by atoms with van der Waals surface area (Å²) in [4.78, 5) is 14.8. The highest BCUT2D eigenvalue weighted by Gasteiger charge is 2.32. The van der Waals surface area contributed by atoms with Crippen molar-refractivity contribution in [2.24, 2.45) is 0 Å². The molecule has 22 heavy (non-hydrogen) atoms. The van der Waals surface area contributed by atoms with Gasteiger partial charge in [-0.15, -0.1) is 0 Å². The number of aliphatic hydroxyl groups excluding tert-OH is 1. The second kappa shape index (κ2) is 7.75. The fourth-order valence-corrected chi connectivity index (χ4v) is 3.39. The van der Waals surface area contributed by atoms with Gasteiger partial charge in [0.05, 0.1) is 18.7 Å². The first kappa shape index (κ1) is 17.0. The molecule has 0 unspecified atom stereocenters. The van der Waals surface area contributed by atoms with Crippen molar-refractivity contribution < 1.29 is 9.90 Å². The molecule has 1 amide bonds. The first-order valence-corrected chi connectivity index (χ1v) is 8.28. The molecular formula is C18H28N2O2. The van der Waals surface area contributed by atoms with E-state index in [1.807, 2.05) is 42.2 Å². The number of likely N-dealkylation sites (tertiary alicyclic amines) is 1. The number of carbonyl (C=O) groups is 1. The number of nitrogens with zero attached hydrogens (tertiary/aromatic N) is 1. The molecule has 1 aromatic carbocycles. The van der Waals surface area contributed by atoms with Crippen molar-refractivity contribution in [3.8, 4) is 0 Å². The molecule has 0 bridgehead atoms. The molecule has 4 atom stereocenters. The second-order valence-electron chi connectivity index (χ2n) is 6.41. The van der Waals surface area contributed by atoms with Gasteiger partial charge in [0.1, 0.15) is 0 Å².